The summed E-state index contributed by atoms with van der Waals surface area (Å²) >= 11 is 0. The van der Waals surface area contributed by atoms with Gasteiger partial charge < -0.3 is 5.73 Å². The number of halogens is 4. The number of hydrogen-bond donors (Lipinski definition) is 1. The second kappa shape index (κ2) is 6.28. The standard InChI is InChI=1S/C16H13F4N5O/c1-9-7-10(5-6-12(9)21)8-24-15(26)25(23-22-24)13-4-2-3-11(14(13)17)16(18,19)20/h2-7H,8,21H2,1H3. The molecule has 0 spiro atoms. The highest BCUT2D eigenvalue weighted by atomic mass is 19.4. The first-order chi connectivity index (χ1) is 12.2. The van der Waals surface area contributed by atoms with E-state index in [9.17, 15) is 22.4 Å². The third-order valence-corrected chi connectivity index (χ3v) is 3.82. The second-order valence-corrected chi connectivity index (χ2v) is 5.66. The molecule has 1 heterocycles. The number of nitrogen functional groups attached to an aromatic ring is 1. The van der Waals surface area contributed by atoms with E-state index in [1.165, 1.54) is 0 Å². The Bertz CT molecular complexity index is 1020. The van der Waals surface area contributed by atoms with Crippen LogP contribution in [-0.4, -0.2) is 19.8 Å². The highest BCUT2D eigenvalue weighted by molar-refractivity contribution is 5.47. The number of tetrazole rings is 1. The zero-order valence-electron chi connectivity index (χ0n) is 13.5. The maximum atomic E-state index is 14.2. The van der Waals surface area contributed by atoms with Gasteiger partial charge in [0.2, 0.25) is 0 Å². The summed E-state index contributed by atoms with van der Waals surface area (Å²) < 4.78 is 54.1. The third kappa shape index (κ3) is 3.17. The number of alkyl halides is 3. The van der Waals surface area contributed by atoms with E-state index in [-0.39, 0.29) is 6.54 Å². The number of rotatable bonds is 3. The zero-order chi connectivity index (χ0) is 19.1. The van der Waals surface area contributed by atoms with E-state index in [0.717, 1.165) is 22.4 Å². The summed E-state index contributed by atoms with van der Waals surface area (Å²) in [7, 11) is 0. The van der Waals surface area contributed by atoms with Crippen LogP contribution in [0, 0.1) is 12.7 Å². The molecule has 6 nitrogen and oxygen atoms in total. The molecule has 2 aromatic carbocycles. The quantitative estimate of drug-likeness (QED) is 0.570. The summed E-state index contributed by atoms with van der Waals surface area (Å²) in [6, 6.07) is 7.69. The Hall–Kier alpha value is -3.17. The summed E-state index contributed by atoms with van der Waals surface area (Å²) in [6.45, 7) is 1.80. The monoisotopic (exact) mass is 367 g/mol. The zero-order valence-corrected chi connectivity index (χ0v) is 13.5. The van der Waals surface area contributed by atoms with Crippen LogP contribution in [0.1, 0.15) is 16.7 Å². The van der Waals surface area contributed by atoms with Gasteiger partial charge in [-0.05, 0) is 46.7 Å². The van der Waals surface area contributed by atoms with Gasteiger partial charge in [0.05, 0.1) is 12.1 Å². The second-order valence-electron chi connectivity index (χ2n) is 5.66. The minimum Gasteiger partial charge on any atom is -0.399 e. The van der Waals surface area contributed by atoms with Crippen LogP contribution in [-0.2, 0) is 12.7 Å². The van der Waals surface area contributed by atoms with Crippen LogP contribution in [0.4, 0.5) is 23.2 Å². The first kappa shape index (κ1) is 17.6. The molecular weight excluding hydrogens is 354 g/mol. The number of nitrogens with zero attached hydrogens (tertiary/aromatic N) is 4. The summed E-state index contributed by atoms with van der Waals surface area (Å²) in [5, 5.41) is 7.10. The number of benzene rings is 2. The van der Waals surface area contributed by atoms with Crippen molar-refractivity contribution in [1.82, 2.24) is 19.8 Å². The van der Waals surface area contributed by atoms with E-state index in [4.69, 9.17) is 5.73 Å². The van der Waals surface area contributed by atoms with Gasteiger partial charge >= 0.3 is 11.9 Å². The predicted molar refractivity (Wildman–Crippen MR) is 85.3 cm³/mol. The predicted octanol–water partition coefficient (Wildman–Crippen LogP) is 2.53. The molecule has 0 bridgehead atoms. The first-order valence-corrected chi connectivity index (χ1v) is 7.42. The van der Waals surface area contributed by atoms with Crippen LogP contribution < -0.4 is 11.4 Å². The molecular formula is C16H13F4N5O. The highest BCUT2D eigenvalue weighted by Crippen LogP contribution is 2.32. The molecule has 0 unspecified atom stereocenters. The molecule has 0 saturated heterocycles. The molecule has 26 heavy (non-hydrogen) atoms. The van der Waals surface area contributed by atoms with E-state index in [1.807, 2.05) is 0 Å². The third-order valence-electron chi connectivity index (χ3n) is 3.82. The Morgan fingerprint density at radius 1 is 1.15 bits per heavy atom. The number of aryl methyl sites for hydroxylation is 1. The molecule has 0 aliphatic rings. The van der Waals surface area contributed by atoms with Crippen molar-refractivity contribution >= 4 is 5.69 Å². The maximum Gasteiger partial charge on any atom is 0.419 e. The minimum atomic E-state index is -4.89. The molecule has 0 saturated carbocycles. The normalized spacial score (nSPS) is 11.7. The summed E-state index contributed by atoms with van der Waals surface area (Å²) in [6.07, 6.45) is -4.89. The molecule has 0 fully saturated rings. The fourth-order valence-electron chi connectivity index (χ4n) is 2.44. The maximum absolute atomic E-state index is 14.2. The van der Waals surface area contributed by atoms with Crippen molar-refractivity contribution < 1.29 is 17.6 Å². The van der Waals surface area contributed by atoms with Gasteiger partial charge in [-0.3, -0.25) is 0 Å². The molecule has 0 aliphatic heterocycles. The Balaban J connectivity index is 2.00. The van der Waals surface area contributed by atoms with E-state index in [2.05, 4.69) is 10.4 Å². The lowest BCUT2D eigenvalue weighted by molar-refractivity contribution is -0.140. The average molecular weight is 367 g/mol. The van der Waals surface area contributed by atoms with Crippen LogP contribution in [0.3, 0.4) is 0 Å². The van der Waals surface area contributed by atoms with Crippen LogP contribution in [0.5, 0.6) is 0 Å². The Kier molecular flexibility index (Phi) is 4.26. The van der Waals surface area contributed by atoms with Gasteiger partial charge in [0, 0.05) is 5.69 Å². The lowest BCUT2D eigenvalue weighted by Gasteiger charge is -2.10. The topological polar surface area (TPSA) is 78.7 Å². The number of nitrogens with two attached hydrogens (primary N) is 1. The van der Waals surface area contributed by atoms with Gasteiger partial charge in [-0.2, -0.15) is 22.5 Å². The lowest BCUT2D eigenvalue weighted by Crippen LogP contribution is -2.26. The molecule has 0 aliphatic carbocycles. The van der Waals surface area contributed by atoms with Gasteiger partial charge in [-0.1, -0.05) is 18.2 Å². The Labute approximate surface area is 144 Å². The number of aromatic nitrogens is 4. The Morgan fingerprint density at radius 3 is 2.54 bits per heavy atom. The summed E-state index contributed by atoms with van der Waals surface area (Å²) in [4.78, 5) is 12.4. The average Bonchev–Trinajstić information content (AvgIpc) is 2.91. The summed E-state index contributed by atoms with van der Waals surface area (Å²) in [5.41, 5.74) is 4.83. The van der Waals surface area contributed by atoms with E-state index in [1.54, 1.807) is 25.1 Å². The Morgan fingerprint density at radius 2 is 1.88 bits per heavy atom. The van der Waals surface area contributed by atoms with Gasteiger partial charge in [0.15, 0.2) is 5.82 Å². The molecule has 136 valence electrons. The molecule has 0 amide bonds. The van der Waals surface area contributed by atoms with E-state index >= 15 is 0 Å². The number of anilines is 1. The fraction of sp³-hybridized carbons (Fsp3) is 0.188. The van der Waals surface area contributed by atoms with Crippen molar-refractivity contribution in [2.45, 2.75) is 19.6 Å². The van der Waals surface area contributed by atoms with Crippen molar-refractivity contribution in [2.24, 2.45) is 0 Å². The van der Waals surface area contributed by atoms with Gasteiger partial charge in [0.1, 0.15) is 5.69 Å². The molecule has 1 aromatic heterocycles. The van der Waals surface area contributed by atoms with E-state index < -0.39 is 28.9 Å². The lowest BCUT2D eigenvalue weighted by atomic mass is 10.1. The minimum absolute atomic E-state index is 0.0144. The molecule has 0 radical (unpaired) electrons. The SMILES string of the molecule is Cc1cc(Cn2nnn(-c3cccc(C(F)(F)F)c3F)c2=O)ccc1N. The van der Waals surface area contributed by atoms with Crippen molar-refractivity contribution in [1.29, 1.82) is 0 Å². The van der Waals surface area contributed by atoms with Crippen molar-refractivity contribution in [3.63, 3.8) is 0 Å². The molecule has 3 rings (SSSR count). The van der Waals surface area contributed by atoms with Crippen LogP contribution in [0.25, 0.3) is 5.69 Å². The molecule has 0 atom stereocenters. The molecule has 2 N–H and O–H groups in total. The van der Waals surface area contributed by atoms with E-state index in [0.29, 0.717) is 22.0 Å². The molecule has 10 heteroatoms. The molecule has 3 aromatic rings. The van der Waals surface area contributed by atoms with Crippen molar-refractivity contribution in [3.05, 3.63) is 69.4 Å². The van der Waals surface area contributed by atoms with Crippen molar-refractivity contribution in [3.8, 4) is 5.69 Å². The van der Waals surface area contributed by atoms with Crippen LogP contribution in [0.2, 0.25) is 0 Å². The largest absolute Gasteiger partial charge is 0.419 e. The van der Waals surface area contributed by atoms with Crippen LogP contribution in [0.15, 0.2) is 41.2 Å². The van der Waals surface area contributed by atoms with Gasteiger partial charge in [0.25, 0.3) is 0 Å². The van der Waals surface area contributed by atoms with Gasteiger partial charge in [-0.25, -0.2) is 9.18 Å². The highest BCUT2D eigenvalue weighted by Gasteiger charge is 2.35. The van der Waals surface area contributed by atoms with Crippen LogP contribution >= 0.6 is 0 Å². The fourth-order valence-corrected chi connectivity index (χ4v) is 2.44. The smallest absolute Gasteiger partial charge is 0.399 e. The number of hydrogen-bond acceptors (Lipinski definition) is 4. The first-order valence-electron chi connectivity index (χ1n) is 7.42. The summed E-state index contributed by atoms with van der Waals surface area (Å²) in [5.74, 6) is -1.59. The van der Waals surface area contributed by atoms with Gasteiger partial charge in [-0.15, -0.1) is 0 Å². The van der Waals surface area contributed by atoms with Crippen molar-refractivity contribution in [2.75, 3.05) is 5.73 Å².